The lowest BCUT2D eigenvalue weighted by atomic mass is 10.1. The first-order chi connectivity index (χ1) is 11.7. The maximum atomic E-state index is 10.8. The Morgan fingerprint density at radius 1 is 1.04 bits per heavy atom. The first kappa shape index (κ1) is 15.2. The van der Waals surface area contributed by atoms with Gasteiger partial charge in [0.25, 0.3) is 5.69 Å². The van der Waals surface area contributed by atoms with Crippen LogP contribution in [0.1, 0.15) is 5.56 Å². The third kappa shape index (κ3) is 3.20. The van der Waals surface area contributed by atoms with Crippen molar-refractivity contribution in [3.63, 3.8) is 0 Å². The zero-order chi connectivity index (χ0) is 16.9. The van der Waals surface area contributed by atoms with Gasteiger partial charge in [0.15, 0.2) is 0 Å². The van der Waals surface area contributed by atoms with Crippen LogP contribution in [0.5, 0.6) is 0 Å². The molecule has 0 aliphatic carbocycles. The van der Waals surface area contributed by atoms with E-state index in [4.69, 9.17) is 0 Å². The normalized spacial score (nSPS) is 9.96. The van der Waals surface area contributed by atoms with E-state index in [-0.39, 0.29) is 5.69 Å². The molecule has 3 aromatic rings. The summed E-state index contributed by atoms with van der Waals surface area (Å²) in [4.78, 5) is 14.7. The average Bonchev–Trinajstić information content (AvgIpc) is 2.63. The van der Waals surface area contributed by atoms with Gasteiger partial charge in [0.05, 0.1) is 10.5 Å². The summed E-state index contributed by atoms with van der Waals surface area (Å²) in [5, 5.41) is 23.2. The third-order valence-corrected chi connectivity index (χ3v) is 3.43. The predicted octanol–water partition coefficient (Wildman–Crippen LogP) is 4.27. The summed E-state index contributed by atoms with van der Waals surface area (Å²) in [6.45, 7) is 0. The van der Waals surface area contributed by atoms with Gasteiger partial charge in [-0.25, -0.2) is 4.98 Å². The lowest BCUT2D eigenvalue weighted by molar-refractivity contribution is -0.384. The van der Waals surface area contributed by atoms with Crippen LogP contribution in [0.4, 0.5) is 17.2 Å². The standard InChI is InChI=1S/C18H12N4O2/c19-11-14-9-15(13-5-2-1-3-6-13)12-20-18(14)21-16-7-4-8-17(10-16)22(23)24/h1-10,12H,(H,20,21). The molecular weight excluding hydrogens is 304 g/mol. The Morgan fingerprint density at radius 2 is 1.83 bits per heavy atom. The van der Waals surface area contributed by atoms with E-state index in [0.717, 1.165) is 11.1 Å². The number of nitrogens with zero attached hydrogens (tertiary/aromatic N) is 3. The van der Waals surface area contributed by atoms with Crippen LogP contribution in [0.15, 0.2) is 66.9 Å². The van der Waals surface area contributed by atoms with Gasteiger partial charge in [-0.1, -0.05) is 36.4 Å². The van der Waals surface area contributed by atoms with Crippen LogP contribution in [0, 0.1) is 21.4 Å². The van der Waals surface area contributed by atoms with Crippen molar-refractivity contribution in [1.29, 1.82) is 5.26 Å². The fraction of sp³-hybridized carbons (Fsp3) is 0. The Morgan fingerprint density at radius 3 is 2.54 bits per heavy atom. The molecule has 3 rings (SSSR count). The number of pyridine rings is 1. The van der Waals surface area contributed by atoms with E-state index >= 15 is 0 Å². The Bertz CT molecular complexity index is 933. The molecule has 0 aliphatic heterocycles. The maximum Gasteiger partial charge on any atom is 0.271 e. The number of nitriles is 1. The summed E-state index contributed by atoms with van der Waals surface area (Å²) in [6.07, 6.45) is 1.66. The summed E-state index contributed by atoms with van der Waals surface area (Å²) in [5.74, 6) is 0.359. The lowest BCUT2D eigenvalue weighted by Crippen LogP contribution is -1.98. The maximum absolute atomic E-state index is 10.8. The highest BCUT2D eigenvalue weighted by Crippen LogP contribution is 2.26. The van der Waals surface area contributed by atoms with Crippen molar-refractivity contribution in [2.45, 2.75) is 0 Å². The molecule has 2 aromatic carbocycles. The minimum absolute atomic E-state index is 0.0283. The van der Waals surface area contributed by atoms with Crippen LogP contribution >= 0.6 is 0 Å². The fourth-order valence-electron chi connectivity index (χ4n) is 2.27. The van der Waals surface area contributed by atoms with Crippen molar-refractivity contribution in [3.8, 4) is 17.2 Å². The molecular formula is C18H12N4O2. The summed E-state index contributed by atoms with van der Waals surface area (Å²) in [7, 11) is 0. The SMILES string of the molecule is N#Cc1cc(-c2ccccc2)cnc1Nc1cccc([N+](=O)[O-])c1. The zero-order valence-electron chi connectivity index (χ0n) is 12.5. The molecule has 0 saturated carbocycles. The number of anilines is 2. The van der Waals surface area contributed by atoms with Gasteiger partial charge in [-0.15, -0.1) is 0 Å². The number of nitro benzene ring substituents is 1. The van der Waals surface area contributed by atoms with Gasteiger partial charge in [-0.3, -0.25) is 10.1 Å². The molecule has 116 valence electrons. The predicted molar refractivity (Wildman–Crippen MR) is 90.8 cm³/mol. The minimum atomic E-state index is -0.470. The monoisotopic (exact) mass is 316 g/mol. The molecule has 0 fully saturated rings. The topological polar surface area (TPSA) is 91.8 Å². The number of benzene rings is 2. The second-order valence-corrected chi connectivity index (χ2v) is 5.03. The van der Waals surface area contributed by atoms with Gasteiger partial charge in [-0.2, -0.15) is 5.26 Å². The quantitative estimate of drug-likeness (QED) is 0.573. The fourth-order valence-corrected chi connectivity index (χ4v) is 2.27. The summed E-state index contributed by atoms with van der Waals surface area (Å²) >= 11 is 0. The van der Waals surface area contributed by atoms with Gasteiger partial charge in [0.1, 0.15) is 11.9 Å². The van der Waals surface area contributed by atoms with Crippen LogP contribution < -0.4 is 5.32 Å². The van der Waals surface area contributed by atoms with E-state index in [1.807, 2.05) is 30.3 Å². The van der Waals surface area contributed by atoms with E-state index in [0.29, 0.717) is 17.1 Å². The first-order valence-electron chi connectivity index (χ1n) is 7.14. The van der Waals surface area contributed by atoms with Gasteiger partial charge >= 0.3 is 0 Å². The molecule has 0 spiro atoms. The molecule has 1 aromatic heterocycles. The highest BCUT2D eigenvalue weighted by molar-refractivity contribution is 5.70. The van der Waals surface area contributed by atoms with E-state index in [2.05, 4.69) is 16.4 Å². The van der Waals surface area contributed by atoms with Gasteiger partial charge in [-0.05, 0) is 17.7 Å². The Kier molecular flexibility index (Phi) is 4.17. The Labute approximate surface area is 138 Å². The zero-order valence-corrected chi connectivity index (χ0v) is 12.5. The molecule has 0 aliphatic rings. The highest BCUT2D eigenvalue weighted by atomic mass is 16.6. The number of aromatic nitrogens is 1. The van der Waals surface area contributed by atoms with Gasteiger partial charge < -0.3 is 5.32 Å². The molecule has 1 heterocycles. The summed E-state index contributed by atoms with van der Waals surface area (Å²) in [5.41, 5.74) is 2.63. The Hall–Kier alpha value is -3.72. The van der Waals surface area contributed by atoms with Gasteiger partial charge in [0.2, 0.25) is 0 Å². The van der Waals surface area contributed by atoms with Crippen LogP contribution in [0.3, 0.4) is 0 Å². The smallest absolute Gasteiger partial charge is 0.271 e. The number of hydrogen-bond acceptors (Lipinski definition) is 5. The first-order valence-corrected chi connectivity index (χ1v) is 7.14. The van der Waals surface area contributed by atoms with E-state index < -0.39 is 4.92 Å². The highest BCUT2D eigenvalue weighted by Gasteiger charge is 2.10. The molecule has 1 N–H and O–H groups in total. The van der Waals surface area contributed by atoms with Crippen molar-refractivity contribution >= 4 is 17.2 Å². The molecule has 0 radical (unpaired) electrons. The molecule has 6 nitrogen and oxygen atoms in total. The van der Waals surface area contributed by atoms with Crippen LogP contribution in [0.25, 0.3) is 11.1 Å². The largest absolute Gasteiger partial charge is 0.339 e. The average molecular weight is 316 g/mol. The molecule has 0 amide bonds. The number of nitrogens with one attached hydrogen (secondary N) is 1. The van der Waals surface area contributed by atoms with E-state index in [1.54, 1.807) is 24.4 Å². The molecule has 0 saturated heterocycles. The summed E-state index contributed by atoms with van der Waals surface area (Å²) in [6, 6.07) is 19.5. The number of rotatable bonds is 4. The van der Waals surface area contributed by atoms with Crippen molar-refractivity contribution < 1.29 is 4.92 Å². The second-order valence-electron chi connectivity index (χ2n) is 5.03. The summed E-state index contributed by atoms with van der Waals surface area (Å²) < 4.78 is 0. The number of non-ortho nitro benzene ring substituents is 1. The van der Waals surface area contributed by atoms with Crippen molar-refractivity contribution in [2.75, 3.05) is 5.32 Å². The molecule has 6 heteroatoms. The number of nitro groups is 1. The second kappa shape index (κ2) is 6.58. The molecule has 24 heavy (non-hydrogen) atoms. The van der Waals surface area contributed by atoms with Crippen molar-refractivity contribution in [1.82, 2.24) is 4.98 Å². The van der Waals surface area contributed by atoms with Crippen LogP contribution in [-0.4, -0.2) is 9.91 Å². The van der Waals surface area contributed by atoms with Crippen LogP contribution in [0.2, 0.25) is 0 Å². The van der Waals surface area contributed by atoms with E-state index in [9.17, 15) is 15.4 Å². The Balaban J connectivity index is 1.93. The third-order valence-electron chi connectivity index (χ3n) is 3.43. The lowest BCUT2D eigenvalue weighted by Gasteiger charge is -2.09. The van der Waals surface area contributed by atoms with Crippen LogP contribution in [-0.2, 0) is 0 Å². The minimum Gasteiger partial charge on any atom is -0.339 e. The van der Waals surface area contributed by atoms with Gasteiger partial charge in [0, 0.05) is 29.6 Å². The molecule has 0 bridgehead atoms. The molecule has 0 unspecified atom stereocenters. The number of hydrogen-bond donors (Lipinski definition) is 1. The van der Waals surface area contributed by atoms with E-state index in [1.165, 1.54) is 12.1 Å². The van der Waals surface area contributed by atoms with Crippen molar-refractivity contribution in [3.05, 3.63) is 82.5 Å². The molecule has 0 atom stereocenters. The van der Waals surface area contributed by atoms with Crippen molar-refractivity contribution in [2.24, 2.45) is 0 Å².